The number of carbonyl (C=O) groups is 2. The van der Waals surface area contributed by atoms with Crippen LogP contribution in [0.25, 0.3) is 0 Å². The molecule has 0 amide bonds. The third-order valence-corrected chi connectivity index (χ3v) is 10.1. The zero-order chi connectivity index (χ0) is 41.8. The van der Waals surface area contributed by atoms with Gasteiger partial charge in [0.2, 0.25) is 0 Å². The summed E-state index contributed by atoms with van der Waals surface area (Å²) in [4.78, 5) is 34.9. The Morgan fingerprint density at radius 2 is 0.965 bits per heavy atom. The summed E-state index contributed by atoms with van der Waals surface area (Å²) < 4.78 is 32.8. The topological polar surface area (TPSA) is 134 Å². The van der Waals surface area contributed by atoms with Gasteiger partial charge in [-0.05, 0) is 83.5 Å². The maximum absolute atomic E-state index is 12.6. The largest absolute Gasteiger partial charge is 0.472 e. The Morgan fingerprint density at radius 3 is 1.44 bits per heavy atom. The average molecular weight is 820 g/mol. The second kappa shape index (κ2) is 43.0. The van der Waals surface area contributed by atoms with Gasteiger partial charge in [-0.25, -0.2) is 4.57 Å². The number of phosphoric acid groups is 1. The van der Waals surface area contributed by atoms with Crippen LogP contribution in [0.1, 0.15) is 181 Å². The molecule has 1 unspecified atom stereocenters. The summed E-state index contributed by atoms with van der Waals surface area (Å²) >= 11 is 0. The van der Waals surface area contributed by atoms with Crippen LogP contribution >= 0.6 is 7.82 Å². The van der Waals surface area contributed by atoms with Crippen molar-refractivity contribution >= 4 is 19.8 Å². The van der Waals surface area contributed by atoms with Crippen molar-refractivity contribution in [2.24, 2.45) is 5.73 Å². The Morgan fingerprint density at radius 1 is 0.544 bits per heavy atom. The van der Waals surface area contributed by atoms with E-state index in [-0.39, 0.29) is 32.6 Å². The van der Waals surface area contributed by atoms with Gasteiger partial charge in [0.05, 0.1) is 13.2 Å². The fraction of sp³-hybridized carbons (Fsp3) is 0.702. The molecule has 0 aromatic heterocycles. The third-order valence-electron chi connectivity index (χ3n) is 9.08. The number of rotatable bonds is 41. The zero-order valence-electron chi connectivity index (χ0n) is 36.0. The molecule has 0 aliphatic rings. The number of hydrogen-bond acceptors (Lipinski definition) is 8. The summed E-state index contributed by atoms with van der Waals surface area (Å²) in [6.45, 7) is 3.55. The van der Waals surface area contributed by atoms with Gasteiger partial charge >= 0.3 is 19.8 Å². The molecule has 0 radical (unpaired) electrons. The fourth-order valence-corrected chi connectivity index (χ4v) is 6.54. The van der Waals surface area contributed by atoms with E-state index < -0.39 is 32.5 Å². The third kappa shape index (κ3) is 42.9. The SMILES string of the molecule is CCC=CCC=CCC=CCC=CCCCCCCC(=O)O[C@H](COC(=O)CCCCCCCCCCCC=CCC=CCCCCC)COP(=O)(O)OCCN. The number of phosphoric ester groups is 1. The molecule has 0 aliphatic heterocycles. The van der Waals surface area contributed by atoms with Crippen molar-refractivity contribution in [3.8, 4) is 0 Å². The highest BCUT2D eigenvalue weighted by Crippen LogP contribution is 2.43. The normalized spacial score (nSPS) is 14.0. The number of nitrogens with two attached hydrogens (primary N) is 1. The molecule has 328 valence electrons. The summed E-state index contributed by atoms with van der Waals surface area (Å²) in [5.74, 6) is -0.865. The van der Waals surface area contributed by atoms with Crippen molar-refractivity contribution in [3.05, 3.63) is 72.9 Å². The monoisotopic (exact) mass is 820 g/mol. The van der Waals surface area contributed by atoms with Crippen LogP contribution in [-0.2, 0) is 32.7 Å². The molecule has 0 saturated heterocycles. The predicted molar refractivity (Wildman–Crippen MR) is 238 cm³/mol. The van der Waals surface area contributed by atoms with Crippen molar-refractivity contribution in [2.45, 2.75) is 187 Å². The number of unbranched alkanes of at least 4 members (excludes halogenated alkanes) is 16. The molecular formula is C47H82NO8P. The van der Waals surface area contributed by atoms with Crippen LogP contribution in [0, 0.1) is 0 Å². The molecule has 0 aliphatic carbocycles. The molecule has 9 nitrogen and oxygen atoms in total. The standard InChI is InChI=1S/C47H82NO8P/c1-3-5-7-9-11-13-15-17-19-21-22-24-25-27-29-31-33-35-37-39-46(49)53-43-45(44-55-57(51,52)54-42-41-48)56-47(50)40-38-36-34-32-30-28-26-23-20-18-16-14-12-10-8-6-4-2/h6,8,11-14,17-20,26,28,45H,3-5,7,9-10,15-16,21-25,27,29-44,48H2,1-2H3,(H,51,52)/t45-/m1/s1. The van der Waals surface area contributed by atoms with Crippen LogP contribution in [-0.4, -0.2) is 49.3 Å². The van der Waals surface area contributed by atoms with Gasteiger partial charge in [-0.3, -0.25) is 18.6 Å². The van der Waals surface area contributed by atoms with E-state index >= 15 is 0 Å². The molecule has 0 saturated carbocycles. The van der Waals surface area contributed by atoms with Crippen LogP contribution < -0.4 is 5.73 Å². The lowest BCUT2D eigenvalue weighted by Crippen LogP contribution is -2.29. The first kappa shape index (κ1) is 54.5. The van der Waals surface area contributed by atoms with Crippen molar-refractivity contribution < 1.29 is 37.6 Å². The Balaban J connectivity index is 4.18. The molecule has 0 spiro atoms. The average Bonchev–Trinajstić information content (AvgIpc) is 3.20. The highest BCUT2D eigenvalue weighted by Gasteiger charge is 2.26. The maximum Gasteiger partial charge on any atom is 0.472 e. The zero-order valence-corrected chi connectivity index (χ0v) is 36.9. The highest BCUT2D eigenvalue weighted by molar-refractivity contribution is 7.47. The minimum absolute atomic E-state index is 0.0449. The molecule has 0 bridgehead atoms. The number of carbonyl (C=O) groups excluding carboxylic acids is 2. The van der Waals surface area contributed by atoms with E-state index in [1.807, 2.05) is 0 Å². The van der Waals surface area contributed by atoms with Gasteiger partial charge < -0.3 is 20.1 Å². The lowest BCUT2D eigenvalue weighted by Gasteiger charge is -2.19. The first-order valence-corrected chi connectivity index (χ1v) is 23.9. The van der Waals surface area contributed by atoms with Crippen LogP contribution in [0.2, 0.25) is 0 Å². The van der Waals surface area contributed by atoms with E-state index in [0.29, 0.717) is 6.42 Å². The van der Waals surface area contributed by atoms with E-state index in [9.17, 15) is 19.0 Å². The van der Waals surface area contributed by atoms with Gasteiger partial charge in [-0.15, -0.1) is 0 Å². The van der Waals surface area contributed by atoms with Crippen LogP contribution in [0.4, 0.5) is 0 Å². The summed E-state index contributed by atoms with van der Waals surface area (Å²) in [7, 11) is -4.39. The van der Waals surface area contributed by atoms with Crippen LogP contribution in [0.3, 0.4) is 0 Å². The van der Waals surface area contributed by atoms with E-state index in [1.165, 1.54) is 57.8 Å². The first-order chi connectivity index (χ1) is 27.8. The Labute approximate surface area is 348 Å². The first-order valence-electron chi connectivity index (χ1n) is 22.4. The summed E-state index contributed by atoms with van der Waals surface area (Å²) in [5.41, 5.74) is 5.35. The Kier molecular flexibility index (Phi) is 41.1. The minimum Gasteiger partial charge on any atom is -0.462 e. The van der Waals surface area contributed by atoms with E-state index in [1.54, 1.807) is 0 Å². The molecule has 57 heavy (non-hydrogen) atoms. The Bertz CT molecular complexity index is 1160. The van der Waals surface area contributed by atoms with E-state index in [4.69, 9.17) is 24.3 Å². The molecule has 0 aromatic rings. The number of allylic oxidation sites excluding steroid dienone is 12. The lowest BCUT2D eigenvalue weighted by atomic mass is 10.1. The second-order valence-electron chi connectivity index (χ2n) is 14.5. The van der Waals surface area contributed by atoms with E-state index in [2.05, 4.69) is 86.8 Å². The Hall–Kier alpha value is -2.55. The maximum atomic E-state index is 12.6. The minimum atomic E-state index is -4.39. The molecule has 0 heterocycles. The number of hydrogen-bond donors (Lipinski definition) is 2. The molecule has 0 rings (SSSR count). The quantitative estimate of drug-likeness (QED) is 0.0267. The smallest absolute Gasteiger partial charge is 0.462 e. The van der Waals surface area contributed by atoms with Gasteiger partial charge in [0, 0.05) is 19.4 Å². The highest BCUT2D eigenvalue weighted by atomic mass is 31.2. The van der Waals surface area contributed by atoms with Gasteiger partial charge in [-0.1, -0.05) is 157 Å². The van der Waals surface area contributed by atoms with Gasteiger partial charge in [0.1, 0.15) is 6.61 Å². The van der Waals surface area contributed by atoms with Crippen LogP contribution in [0.15, 0.2) is 72.9 Å². The van der Waals surface area contributed by atoms with Crippen molar-refractivity contribution in [3.63, 3.8) is 0 Å². The summed E-state index contributed by atoms with van der Waals surface area (Å²) in [6.07, 6.45) is 52.1. The van der Waals surface area contributed by atoms with Crippen LogP contribution in [0.5, 0.6) is 0 Å². The second-order valence-corrected chi connectivity index (χ2v) is 16.0. The molecular weight excluding hydrogens is 737 g/mol. The summed E-state index contributed by atoms with van der Waals surface area (Å²) in [5, 5.41) is 0. The van der Waals surface area contributed by atoms with Gasteiger partial charge in [0.15, 0.2) is 6.10 Å². The molecule has 2 atom stereocenters. The lowest BCUT2D eigenvalue weighted by molar-refractivity contribution is -0.161. The predicted octanol–water partition coefficient (Wildman–Crippen LogP) is 13.1. The van der Waals surface area contributed by atoms with Gasteiger partial charge in [0.25, 0.3) is 0 Å². The molecule has 10 heteroatoms. The molecule has 0 fully saturated rings. The fourth-order valence-electron chi connectivity index (χ4n) is 5.77. The summed E-state index contributed by atoms with van der Waals surface area (Å²) in [6, 6.07) is 0. The molecule has 0 aromatic carbocycles. The number of ether oxygens (including phenoxy) is 2. The van der Waals surface area contributed by atoms with Crippen molar-refractivity contribution in [1.82, 2.24) is 0 Å². The van der Waals surface area contributed by atoms with E-state index in [0.717, 1.165) is 89.9 Å². The van der Waals surface area contributed by atoms with Crippen molar-refractivity contribution in [1.29, 1.82) is 0 Å². The van der Waals surface area contributed by atoms with Crippen molar-refractivity contribution in [2.75, 3.05) is 26.4 Å². The molecule has 3 N–H and O–H groups in total. The number of esters is 2. The van der Waals surface area contributed by atoms with Gasteiger partial charge in [-0.2, -0.15) is 0 Å².